The van der Waals surface area contributed by atoms with Crippen LogP contribution in [0.5, 0.6) is 5.75 Å². The molecule has 0 radical (unpaired) electrons. The van der Waals surface area contributed by atoms with Gasteiger partial charge in [0.25, 0.3) is 0 Å². The average Bonchev–Trinajstić information content (AvgIpc) is 2.42. The summed E-state index contributed by atoms with van der Waals surface area (Å²) in [5.74, 6) is -0.272. The fourth-order valence-corrected chi connectivity index (χ4v) is 1.57. The number of carbonyl (C=O) groups is 1. The number of nitrogens with zero attached hydrogens (tertiary/aromatic N) is 2. The second-order valence-electron chi connectivity index (χ2n) is 3.52. The van der Waals surface area contributed by atoms with Gasteiger partial charge >= 0.3 is 5.97 Å². The summed E-state index contributed by atoms with van der Waals surface area (Å²) in [5, 5.41) is 8.95. The molecule has 0 saturated heterocycles. The fraction of sp³-hybridized carbons (Fsp3) is 0. The molecule has 0 aliphatic rings. The normalized spacial score (nSPS) is 9.74. The number of hydrogen-bond acceptors (Lipinski definition) is 4. The molecule has 0 amide bonds. The van der Waals surface area contributed by atoms with Crippen molar-refractivity contribution >= 4 is 29.2 Å². The number of carbonyl (C=O) groups excluding carboxylic acids is 1. The molecule has 2 aromatic rings. The summed E-state index contributed by atoms with van der Waals surface area (Å²) in [6.45, 7) is 0. The predicted molar refractivity (Wildman–Crippen MR) is 70.4 cm³/mol. The molecule has 0 spiro atoms. The topological polar surface area (TPSA) is 63.0 Å². The van der Waals surface area contributed by atoms with Crippen molar-refractivity contribution in [1.29, 1.82) is 5.26 Å². The Morgan fingerprint density at radius 1 is 1.26 bits per heavy atom. The van der Waals surface area contributed by atoms with Crippen molar-refractivity contribution in [2.75, 3.05) is 0 Å². The Bertz CT molecular complexity index is 663. The van der Waals surface area contributed by atoms with E-state index in [2.05, 4.69) is 4.98 Å². The zero-order valence-corrected chi connectivity index (χ0v) is 10.9. The molecule has 0 unspecified atom stereocenters. The van der Waals surface area contributed by atoms with Crippen LogP contribution in [0.4, 0.5) is 0 Å². The molecule has 0 aliphatic carbocycles. The molecule has 4 nitrogen and oxygen atoms in total. The summed E-state index contributed by atoms with van der Waals surface area (Å²) >= 11 is 11.4. The number of hydrogen-bond donors (Lipinski definition) is 0. The van der Waals surface area contributed by atoms with E-state index in [9.17, 15) is 4.79 Å². The van der Waals surface area contributed by atoms with Gasteiger partial charge in [-0.1, -0.05) is 23.2 Å². The molecule has 0 saturated carbocycles. The van der Waals surface area contributed by atoms with Crippen LogP contribution < -0.4 is 4.74 Å². The van der Waals surface area contributed by atoms with E-state index in [1.165, 1.54) is 24.4 Å². The first-order chi connectivity index (χ1) is 9.10. The number of nitriles is 1. The Hall–Kier alpha value is -2.09. The average molecular weight is 293 g/mol. The van der Waals surface area contributed by atoms with Crippen molar-refractivity contribution in [2.24, 2.45) is 0 Å². The molecule has 0 fully saturated rings. The SMILES string of the molecule is N#Cc1ccc(OC(=O)c2cnc(Cl)c(Cl)c2)cc1. The molecule has 0 atom stereocenters. The van der Waals surface area contributed by atoms with E-state index in [-0.39, 0.29) is 15.7 Å². The lowest BCUT2D eigenvalue weighted by Crippen LogP contribution is -2.08. The Morgan fingerprint density at radius 2 is 1.95 bits per heavy atom. The second-order valence-corrected chi connectivity index (χ2v) is 4.29. The van der Waals surface area contributed by atoms with Crippen LogP contribution in [0, 0.1) is 11.3 Å². The Labute approximate surface area is 119 Å². The summed E-state index contributed by atoms with van der Waals surface area (Å²) < 4.78 is 5.10. The van der Waals surface area contributed by atoms with Crippen LogP contribution in [0.3, 0.4) is 0 Å². The maximum Gasteiger partial charge on any atom is 0.345 e. The van der Waals surface area contributed by atoms with Crippen molar-refractivity contribution in [3.63, 3.8) is 0 Å². The molecule has 0 aliphatic heterocycles. The first kappa shape index (κ1) is 13.3. The number of aromatic nitrogens is 1. The van der Waals surface area contributed by atoms with E-state index in [1.54, 1.807) is 12.1 Å². The third-order valence-corrected chi connectivity index (χ3v) is 2.91. The number of rotatable bonds is 2. The summed E-state index contributed by atoms with van der Waals surface area (Å²) in [6.07, 6.45) is 1.28. The maximum absolute atomic E-state index is 11.8. The molecular weight excluding hydrogens is 287 g/mol. The Morgan fingerprint density at radius 3 is 2.53 bits per heavy atom. The van der Waals surface area contributed by atoms with Gasteiger partial charge in [0.1, 0.15) is 10.9 Å². The highest BCUT2D eigenvalue weighted by molar-refractivity contribution is 6.41. The van der Waals surface area contributed by atoms with Crippen molar-refractivity contribution in [1.82, 2.24) is 4.98 Å². The largest absolute Gasteiger partial charge is 0.423 e. The lowest BCUT2D eigenvalue weighted by molar-refractivity contribution is 0.0734. The van der Waals surface area contributed by atoms with Gasteiger partial charge in [0.15, 0.2) is 0 Å². The van der Waals surface area contributed by atoms with E-state index < -0.39 is 5.97 Å². The van der Waals surface area contributed by atoms with Crippen LogP contribution in [0.2, 0.25) is 10.2 Å². The van der Waals surface area contributed by atoms with Crippen LogP contribution >= 0.6 is 23.2 Å². The quantitative estimate of drug-likeness (QED) is 0.483. The van der Waals surface area contributed by atoms with Gasteiger partial charge < -0.3 is 4.74 Å². The van der Waals surface area contributed by atoms with E-state index in [1.807, 2.05) is 6.07 Å². The standard InChI is InChI=1S/C13H6Cl2N2O2/c14-11-5-9(7-17-12(11)15)13(18)19-10-3-1-8(6-16)2-4-10/h1-5,7H. The van der Waals surface area contributed by atoms with Gasteiger partial charge in [-0.15, -0.1) is 0 Å². The lowest BCUT2D eigenvalue weighted by Gasteiger charge is -2.04. The summed E-state index contributed by atoms with van der Waals surface area (Å²) in [4.78, 5) is 15.6. The molecule has 94 valence electrons. The van der Waals surface area contributed by atoms with Gasteiger partial charge in [-0.2, -0.15) is 5.26 Å². The summed E-state index contributed by atoms with van der Waals surface area (Å²) in [6, 6.07) is 9.51. The van der Waals surface area contributed by atoms with Crippen molar-refractivity contribution < 1.29 is 9.53 Å². The molecule has 6 heteroatoms. The zero-order valence-electron chi connectivity index (χ0n) is 9.43. The molecule has 1 heterocycles. The third-order valence-electron chi connectivity index (χ3n) is 2.23. The van der Waals surface area contributed by atoms with E-state index in [4.69, 9.17) is 33.2 Å². The number of halogens is 2. The molecule has 19 heavy (non-hydrogen) atoms. The predicted octanol–water partition coefficient (Wildman–Crippen LogP) is 3.48. The van der Waals surface area contributed by atoms with Gasteiger partial charge in [0.2, 0.25) is 0 Å². The first-order valence-electron chi connectivity index (χ1n) is 5.13. The van der Waals surface area contributed by atoms with Crippen LogP contribution in [-0.2, 0) is 0 Å². The third kappa shape index (κ3) is 3.22. The molecule has 1 aromatic carbocycles. The highest BCUT2D eigenvalue weighted by atomic mass is 35.5. The van der Waals surface area contributed by atoms with Crippen LogP contribution in [0.25, 0.3) is 0 Å². The first-order valence-corrected chi connectivity index (χ1v) is 5.89. The van der Waals surface area contributed by atoms with Crippen LogP contribution in [-0.4, -0.2) is 11.0 Å². The summed E-state index contributed by atoms with van der Waals surface area (Å²) in [7, 11) is 0. The van der Waals surface area contributed by atoms with Gasteiger partial charge in [-0.3, -0.25) is 0 Å². The summed E-state index contributed by atoms with van der Waals surface area (Å²) in [5.41, 5.74) is 0.676. The minimum Gasteiger partial charge on any atom is -0.423 e. The Kier molecular flexibility index (Phi) is 4.00. The van der Waals surface area contributed by atoms with Gasteiger partial charge in [0, 0.05) is 6.20 Å². The molecule has 2 rings (SSSR count). The van der Waals surface area contributed by atoms with E-state index in [0.29, 0.717) is 11.3 Å². The van der Waals surface area contributed by atoms with Gasteiger partial charge in [-0.05, 0) is 30.3 Å². The fourth-order valence-electron chi connectivity index (χ4n) is 1.30. The Balaban J connectivity index is 2.16. The number of esters is 1. The molecule has 1 aromatic heterocycles. The second kappa shape index (κ2) is 5.70. The maximum atomic E-state index is 11.8. The lowest BCUT2D eigenvalue weighted by atomic mass is 10.2. The monoisotopic (exact) mass is 292 g/mol. The van der Waals surface area contributed by atoms with Crippen molar-refractivity contribution in [2.45, 2.75) is 0 Å². The minimum absolute atomic E-state index is 0.122. The zero-order chi connectivity index (χ0) is 13.8. The smallest absolute Gasteiger partial charge is 0.345 e. The highest BCUT2D eigenvalue weighted by Crippen LogP contribution is 2.21. The van der Waals surface area contributed by atoms with Crippen molar-refractivity contribution in [3.05, 3.63) is 57.8 Å². The molecule has 0 bridgehead atoms. The molecule has 0 N–H and O–H groups in total. The van der Waals surface area contributed by atoms with Gasteiger partial charge in [-0.25, -0.2) is 9.78 Å². The highest BCUT2D eigenvalue weighted by Gasteiger charge is 2.11. The van der Waals surface area contributed by atoms with E-state index in [0.717, 1.165) is 0 Å². The number of pyridine rings is 1. The van der Waals surface area contributed by atoms with Crippen LogP contribution in [0.1, 0.15) is 15.9 Å². The number of ether oxygens (including phenoxy) is 1. The van der Waals surface area contributed by atoms with Gasteiger partial charge in [0.05, 0.1) is 22.2 Å². The van der Waals surface area contributed by atoms with Crippen LogP contribution in [0.15, 0.2) is 36.5 Å². The number of benzene rings is 1. The minimum atomic E-state index is -0.601. The molecular formula is C13H6Cl2N2O2. The van der Waals surface area contributed by atoms with E-state index >= 15 is 0 Å². The van der Waals surface area contributed by atoms with Crippen molar-refractivity contribution in [3.8, 4) is 11.8 Å².